The van der Waals surface area contributed by atoms with Crippen LogP contribution in [0.15, 0.2) is 0 Å². The molecule has 2 N–H and O–H groups in total. The van der Waals surface area contributed by atoms with E-state index in [-0.39, 0.29) is 18.4 Å². The van der Waals surface area contributed by atoms with Crippen molar-refractivity contribution in [3.05, 3.63) is 0 Å². The summed E-state index contributed by atoms with van der Waals surface area (Å²) < 4.78 is 0. The largest absolute Gasteiger partial charge is 0.396 e. The van der Waals surface area contributed by atoms with Gasteiger partial charge in [-0.2, -0.15) is 0 Å². The Bertz CT molecular complexity index is 136. The summed E-state index contributed by atoms with van der Waals surface area (Å²) in [5.74, 6) is 0.534. The lowest BCUT2D eigenvalue weighted by molar-refractivity contribution is -0.123. The van der Waals surface area contributed by atoms with E-state index in [1.807, 2.05) is 6.92 Å². The number of nitrogens with one attached hydrogen (secondary N) is 1. The Labute approximate surface area is 60.4 Å². The molecule has 1 aliphatic rings. The first-order valence-electron chi connectivity index (χ1n) is 3.64. The van der Waals surface area contributed by atoms with Gasteiger partial charge in [-0.25, -0.2) is 0 Å². The fourth-order valence-corrected chi connectivity index (χ4v) is 1.35. The predicted octanol–water partition coefficient (Wildman–Crippen LogP) is -0.249. The molecule has 0 aromatic carbocycles. The van der Waals surface area contributed by atoms with Gasteiger partial charge < -0.3 is 10.4 Å². The van der Waals surface area contributed by atoms with Gasteiger partial charge in [0, 0.05) is 19.1 Å². The Kier molecular flexibility index (Phi) is 2.27. The van der Waals surface area contributed by atoms with Crippen molar-refractivity contribution in [3.8, 4) is 0 Å². The quantitative estimate of drug-likeness (QED) is 0.560. The number of carbonyl (C=O) groups is 1. The fraction of sp³-hybridized carbons (Fsp3) is 0.857. The zero-order valence-corrected chi connectivity index (χ0v) is 6.13. The molecule has 0 radical (unpaired) electrons. The van der Waals surface area contributed by atoms with E-state index in [1.165, 1.54) is 0 Å². The molecule has 58 valence electrons. The van der Waals surface area contributed by atoms with Gasteiger partial charge >= 0.3 is 0 Å². The van der Waals surface area contributed by atoms with E-state index in [9.17, 15) is 4.79 Å². The van der Waals surface area contributed by atoms with E-state index < -0.39 is 0 Å². The monoisotopic (exact) mass is 143 g/mol. The molecule has 1 heterocycles. The van der Waals surface area contributed by atoms with E-state index in [4.69, 9.17) is 5.11 Å². The Morgan fingerprint density at radius 3 is 2.90 bits per heavy atom. The summed E-state index contributed by atoms with van der Waals surface area (Å²) in [6.07, 6.45) is 0.604. The molecule has 0 aromatic heterocycles. The van der Waals surface area contributed by atoms with Gasteiger partial charge in [0.05, 0.1) is 0 Å². The Morgan fingerprint density at radius 1 is 1.80 bits per heavy atom. The van der Waals surface area contributed by atoms with Gasteiger partial charge in [0.2, 0.25) is 5.91 Å². The van der Waals surface area contributed by atoms with Crippen LogP contribution >= 0.6 is 0 Å². The molecule has 1 rings (SSSR count). The highest BCUT2D eigenvalue weighted by atomic mass is 16.3. The number of amides is 1. The molecular weight excluding hydrogens is 130 g/mol. The van der Waals surface area contributed by atoms with Crippen molar-refractivity contribution in [2.24, 2.45) is 11.8 Å². The zero-order valence-electron chi connectivity index (χ0n) is 6.13. The van der Waals surface area contributed by atoms with Crippen molar-refractivity contribution < 1.29 is 9.90 Å². The summed E-state index contributed by atoms with van der Waals surface area (Å²) >= 11 is 0. The molecular formula is C7H13NO2. The third kappa shape index (κ3) is 1.29. The molecule has 10 heavy (non-hydrogen) atoms. The number of hydrogen-bond donors (Lipinski definition) is 2. The number of rotatable bonds is 2. The Balaban J connectivity index is 2.46. The molecule has 1 fully saturated rings. The molecule has 0 aliphatic carbocycles. The number of carbonyl (C=O) groups excluding carboxylic acids is 1. The lowest BCUT2D eigenvalue weighted by Crippen LogP contribution is -2.20. The van der Waals surface area contributed by atoms with Gasteiger partial charge in [-0.3, -0.25) is 4.79 Å². The number of aliphatic hydroxyl groups is 1. The average molecular weight is 143 g/mol. The summed E-state index contributed by atoms with van der Waals surface area (Å²) in [6, 6.07) is 0. The van der Waals surface area contributed by atoms with Crippen molar-refractivity contribution in [1.82, 2.24) is 5.32 Å². The average Bonchev–Trinajstić information content (AvgIpc) is 2.20. The topological polar surface area (TPSA) is 49.3 Å². The SMILES string of the molecule is C[C@H]1CNC(=O)[C@@H]1CCO. The molecule has 0 unspecified atom stereocenters. The van der Waals surface area contributed by atoms with Crippen LogP contribution in [0.2, 0.25) is 0 Å². The van der Waals surface area contributed by atoms with Gasteiger partial charge in [0.15, 0.2) is 0 Å². The van der Waals surface area contributed by atoms with Crippen molar-refractivity contribution >= 4 is 5.91 Å². The zero-order chi connectivity index (χ0) is 7.56. The van der Waals surface area contributed by atoms with Crippen LogP contribution in [0.5, 0.6) is 0 Å². The van der Waals surface area contributed by atoms with Crippen molar-refractivity contribution in [2.45, 2.75) is 13.3 Å². The van der Waals surface area contributed by atoms with Gasteiger partial charge in [-0.05, 0) is 12.3 Å². The van der Waals surface area contributed by atoms with E-state index in [1.54, 1.807) is 0 Å². The first-order chi connectivity index (χ1) is 4.75. The lowest BCUT2D eigenvalue weighted by atomic mass is 9.95. The third-order valence-electron chi connectivity index (χ3n) is 2.06. The molecule has 0 bridgehead atoms. The number of hydrogen-bond acceptors (Lipinski definition) is 2. The van der Waals surface area contributed by atoms with E-state index in [0.717, 1.165) is 6.54 Å². The second kappa shape index (κ2) is 3.01. The van der Waals surface area contributed by atoms with Gasteiger partial charge in [-0.15, -0.1) is 0 Å². The van der Waals surface area contributed by atoms with Crippen LogP contribution in [0.4, 0.5) is 0 Å². The molecule has 0 saturated carbocycles. The van der Waals surface area contributed by atoms with Crippen LogP contribution in [0.3, 0.4) is 0 Å². The van der Waals surface area contributed by atoms with Gasteiger partial charge in [0.25, 0.3) is 0 Å². The highest BCUT2D eigenvalue weighted by Gasteiger charge is 2.30. The fourth-order valence-electron chi connectivity index (χ4n) is 1.35. The second-order valence-corrected chi connectivity index (χ2v) is 2.84. The molecule has 2 atom stereocenters. The first kappa shape index (κ1) is 7.54. The summed E-state index contributed by atoms with van der Waals surface area (Å²) in [4.78, 5) is 11.0. The minimum atomic E-state index is 0.0463. The maximum atomic E-state index is 11.0. The van der Waals surface area contributed by atoms with Crippen LogP contribution in [0.1, 0.15) is 13.3 Å². The van der Waals surface area contributed by atoms with Crippen molar-refractivity contribution in [3.63, 3.8) is 0 Å². The molecule has 1 saturated heterocycles. The molecule has 1 aliphatic heterocycles. The van der Waals surface area contributed by atoms with Gasteiger partial charge in [-0.1, -0.05) is 6.92 Å². The lowest BCUT2D eigenvalue weighted by Gasteiger charge is -2.08. The minimum absolute atomic E-state index is 0.0463. The molecule has 3 nitrogen and oxygen atoms in total. The highest BCUT2D eigenvalue weighted by Crippen LogP contribution is 2.19. The summed E-state index contributed by atoms with van der Waals surface area (Å²) in [5.41, 5.74) is 0. The molecule has 0 aromatic rings. The third-order valence-corrected chi connectivity index (χ3v) is 2.06. The maximum absolute atomic E-state index is 11.0. The van der Waals surface area contributed by atoms with E-state index >= 15 is 0 Å². The minimum Gasteiger partial charge on any atom is -0.396 e. The Morgan fingerprint density at radius 2 is 2.50 bits per heavy atom. The number of aliphatic hydroxyl groups excluding tert-OH is 1. The first-order valence-corrected chi connectivity index (χ1v) is 3.64. The van der Waals surface area contributed by atoms with E-state index in [2.05, 4.69) is 5.32 Å². The smallest absolute Gasteiger partial charge is 0.223 e. The van der Waals surface area contributed by atoms with Crippen LogP contribution in [-0.2, 0) is 4.79 Å². The highest BCUT2D eigenvalue weighted by molar-refractivity contribution is 5.81. The molecule has 0 spiro atoms. The van der Waals surface area contributed by atoms with Gasteiger partial charge in [0.1, 0.15) is 0 Å². The van der Waals surface area contributed by atoms with Crippen molar-refractivity contribution in [1.29, 1.82) is 0 Å². The molecule has 3 heteroatoms. The summed E-state index contributed by atoms with van der Waals surface area (Å²) in [5, 5.41) is 11.3. The summed E-state index contributed by atoms with van der Waals surface area (Å²) in [7, 11) is 0. The maximum Gasteiger partial charge on any atom is 0.223 e. The molecule has 1 amide bonds. The standard InChI is InChI=1S/C7H13NO2/c1-5-4-8-7(10)6(5)2-3-9/h5-6,9H,2-4H2,1H3,(H,8,10)/t5-,6+/m0/s1. The Hall–Kier alpha value is -0.570. The normalized spacial score (nSPS) is 32.4. The van der Waals surface area contributed by atoms with Crippen LogP contribution in [0.25, 0.3) is 0 Å². The van der Waals surface area contributed by atoms with Crippen LogP contribution in [-0.4, -0.2) is 24.2 Å². The second-order valence-electron chi connectivity index (χ2n) is 2.84. The summed E-state index contributed by atoms with van der Waals surface area (Å²) in [6.45, 7) is 2.91. The predicted molar refractivity (Wildman–Crippen MR) is 37.4 cm³/mol. The van der Waals surface area contributed by atoms with E-state index in [0.29, 0.717) is 12.3 Å². The van der Waals surface area contributed by atoms with Crippen LogP contribution in [0, 0.1) is 11.8 Å². The van der Waals surface area contributed by atoms with Crippen LogP contribution < -0.4 is 5.32 Å². The van der Waals surface area contributed by atoms with Crippen molar-refractivity contribution in [2.75, 3.05) is 13.2 Å².